The van der Waals surface area contributed by atoms with Crippen LogP contribution in [0.3, 0.4) is 0 Å². The Morgan fingerprint density at radius 3 is 2.19 bits per heavy atom. The summed E-state index contributed by atoms with van der Waals surface area (Å²) in [6, 6.07) is 1.50. The average Bonchev–Trinajstić information content (AvgIpc) is 3.10. The molecule has 0 aromatic heterocycles. The van der Waals surface area contributed by atoms with Gasteiger partial charge in [0.15, 0.2) is 5.75 Å². The van der Waals surface area contributed by atoms with E-state index in [2.05, 4.69) is 66.4 Å². The molecule has 52 heavy (non-hydrogen) atoms. The summed E-state index contributed by atoms with van der Waals surface area (Å²) in [5.41, 5.74) is 1.90. The molecule has 3 fully saturated rings. The molecule has 8 nitrogen and oxygen atoms in total. The van der Waals surface area contributed by atoms with Gasteiger partial charge < -0.3 is 25.4 Å². The number of Topliss-reactive ketones (excluding diaryl/α,β-unsaturated/α-hetero) is 1. The van der Waals surface area contributed by atoms with Gasteiger partial charge in [-0.25, -0.2) is 4.79 Å². The van der Waals surface area contributed by atoms with Crippen molar-refractivity contribution < 1.29 is 34.4 Å². The summed E-state index contributed by atoms with van der Waals surface area (Å²) in [5, 5.41) is 38.2. The molecule has 0 heterocycles. The van der Waals surface area contributed by atoms with Crippen molar-refractivity contribution in [3.63, 3.8) is 0 Å². The van der Waals surface area contributed by atoms with Gasteiger partial charge in [0.1, 0.15) is 22.8 Å². The van der Waals surface area contributed by atoms with E-state index in [1.165, 1.54) is 24.3 Å². The summed E-state index contributed by atoms with van der Waals surface area (Å²) in [6.07, 6.45) is 13.0. The van der Waals surface area contributed by atoms with E-state index < -0.39 is 23.3 Å². The number of carbonyl (C=O) groups is 3. The Morgan fingerprint density at radius 1 is 0.923 bits per heavy atom. The van der Waals surface area contributed by atoms with E-state index in [4.69, 9.17) is 4.74 Å². The number of fused-ring (bicyclic) bond motifs is 2. The molecule has 5 aliphatic rings. The molecule has 0 aliphatic heterocycles. The van der Waals surface area contributed by atoms with Gasteiger partial charge in [0.2, 0.25) is 11.6 Å². The second-order valence-corrected chi connectivity index (χ2v) is 18.0. The van der Waals surface area contributed by atoms with Crippen molar-refractivity contribution in [2.45, 2.75) is 119 Å². The fraction of sp³-hybridized carbons (Fsp3) is 0.614. The average molecular weight is 714 g/mol. The number of aliphatic hydroxyl groups is 1. The smallest absolute Gasteiger partial charge is 0.341 e. The first kappa shape index (κ1) is 37.9. The number of allylic oxidation sites excluding steroid dienone is 5. The highest BCUT2D eigenvalue weighted by atomic mass is 16.5. The van der Waals surface area contributed by atoms with Crippen molar-refractivity contribution in [3.8, 4) is 11.5 Å². The second kappa shape index (κ2) is 13.2. The molecule has 3 saturated carbocycles. The predicted octanol–water partition coefficient (Wildman–Crippen LogP) is 9.67. The first-order chi connectivity index (χ1) is 24.3. The Hall–Kier alpha value is -3.81. The van der Waals surface area contributed by atoms with Gasteiger partial charge in [-0.2, -0.15) is 0 Å². The molecular formula is C44H59NO7. The number of nitrogens with one attached hydrogen (secondary N) is 1. The van der Waals surface area contributed by atoms with Crippen LogP contribution in [0.5, 0.6) is 11.5 Å². The van der Waals surface area contributed by atoms with Gasteiger partial charge in [0.25, 0.3) is 0 Å². The molecule has 282 valence electrons. The lowest BCUT2D eigenvalue weighted by atomic mass is 9.46. The number of benzene rings is 1. The van der Waals surface area contributed by atoms with Crippen LogP contribution < -0.4 is 5.32 Å². The summed E-state index contributed by atoms with van der Waals surface area (Å²) in [7, 11) is 1.22. The quantitative estimate of drug-likeness (QED) is 0.0722. The van der Waals surface area contributed by atoms with Crippen LogP contribution in [0.25, 0.3) is 0 Å². The van der Waals surface area contributed by atoms with Crippen LogP contribution in [0.1, 0.15) is 129 Å². The van der Waals surface area contributed by atoms with Gasteiger partial charge in [0.05, 0.1) is 12.8 Å². The van der Waals surface area contributed by atoms with Crippen LogP contribution in [0.15, 0.2) is 53.0 Å². The number of phenolic OH excluding ortho intramolecular Hbond substituents is 2. The van der Waals surface area contributed by atoms with Crippen LogP contribution >= 0.6 is 0 Å². The van der Waals surface area contributed by atoms with E-state index in [-0.39, 0.29) is 73.9 Å². The zero-order chi connectivity index (χ0) is 38.1. The molecule has 0 bridgehead atoms. The largest absolute Gasteiger partial charge is 0.505 e. The number of ether oxygens (including phenoxy) is 1. The molecule has 0 radical (unpaired) electrons. The van der Waals surface area contributed by atoms with Crippen molar-refractivity contribution >= 4 is 23.2 Å². The van der Waals surface area contributed by atoms with E-state index in [1.807, 2.05) is 0 Å². The zero-order valence-corrected chi connectivity index (χ0v) is 32.5. The van der Waals surface area contributed by atoms with E-state index in [0.717, 1.165) is 63.9 Å². The zero-order valence-electron chi connectivity index (χ0n) is 32.5. The third kappa shape index (κ3) is 5.74. The van der Waals surface area contributed by atoms with Crippen LogP contribution in [0.4, 0.5) is 5.69 Å². The molecule has 8 atom stereocenters. The molecule has 0 spiro atoms. The molecule has 0 saturated heterocycles. The van der Waals surface area contributed by atoms with Gasteiger partial charge in [-0.15, -0.1) is 0 Å². The van der Waals surface area contributed by atoms with Gasteiger partial charge in [-0.3, -0.25) is 9.59 Å². The molecule has 4 N–H and O–H groups in total. The summed E-state index contributed by atoms with van der Waals surface area (Å²) in [6.45, 7) is 20.2. The minimum Gasteiger partial charge on any atom is -0.505 e. The van der Waals surface area contributed by atoms with Crippen LogP contribution in [0, 0.1) is 45.3 Å². The lowest BCUT2D eigenvalue weighted by molar-refractivity contribution is -0.132. The first-order valence-corrected chi connectivity index (χ1v) is 19.3. The highest BCUT2D eigenvalue weighted by Gasteiger charge is 2.56. The first-order valence-electron chi connectivity index (χ1n) is 19.3. The SMILES string of the molecule is C=C1CCC[C@H]2[C@](C)(Cc3cc(C(=O)OC)c(O)c(NC4=CC(=O)C(=O)C(C[C@]5(C)[C@@H](C)CC[C@]6(C)C(C)=CCC[C@@H]56)=C4O)c3O)[C@@H](C)CC[C@]12C. The molecule has 8 heteroatoms. The van der Waals surface area contributed by atoms with Crippen molar-refractivity contribution in [1.29, 1.82) is 0 Å². The van der Waals surface area contributed by atoms with Crippen molar-refractivity contribution in [2.75, 3.05) is 12.4 Å². The molecule has 0 unspecified atom stereocenters. The van der Waals surface area contributed by atoms with Crippen LogP contribution in [0.2, 0.25) is 0 Å². The maximum Gasteiger partial charge on any atom is 0.341 e. The molecule has 1 aromatic carbocycles. The molecule has 1 aromatic rings. The Kier molecular flexibility index (Phi) is 9.66. The Bertz CT molecular complexity index is 1820. The number of aliphatic hydroxyl groups excluding tert-OH is 1. The number of rotatable bonds is 7. The minimum absolute atomic E-state index is 0.0319. The molecule has 5 aliphatic carbocycles. The lowest BCUT2D eigenvalue weighted by Crippen LogP contribution is -2.51. The van der Waals surface area contributed by atoms with E-state index in [0.29, 0.717) is 23.8 Å². The summed E-state index contributed by atoms with van der Waals surface area (Å²) < 4.78 is 5.05. The molecular weight excluding hydrogens is 654 g/mol. The standard InChI is InChI=1S/C44H59NO7/c1-24-12-10-14-33-41(24,5)18-16-26(3)43(33,7)22-28-20-29(40(51)52-9)39(50)35(36(28)47)45-31-21-32(46)38(49)30(37(31)48)23-44(8)27(4)17-19-42(6)25(2)13-11-15-34(42)44/h13,20-21,26-27,33-34,45,47-48,50H,1,10-12,14-19,22-23H2,2-9H3/t26-,27-,33+,34+,41+,42+,43+,44+/m0/s1. The normalized spacial score (nSPS) is 36.4. The van der Waals surface area contributed by atoms with E-state index in [1.54, 1.807) is 0 Å². The Labute approximate surface area is 309 Å². The van der Waals surface area contributed by atoms with Gasteiger partial charge in [-0.05, 0) is 135 Å². The van der Waals surface area contributed by atoms with E-state index >= 15 is 0 Å². The number of esters is 1. The molecule has 0 amide bonds. The third-order valence-electron chi connectivity index (χ3n) is 15.6. The summed E-state index contributed by atoms with van der Waals surface area (Å²) in [4.78, 5) is 40.0. The Morgan fingerprint density at radius 2 is 1.54 bits per heavy atom. The maximum atomic E-state index is 13.6. The van der Waals surface area contributed by atoms with Crippen molar-refractivity contribution in [1.82, 2.24) is 0 Å². The van der Waals surface area contributed by atoms with Gasteiger partial charge in [-0.1, -0.05) is 65.3 Å². The number of carbonyl (C=O) groups excluding carboxylic acids is 3. The van der Waals surface area contributed by atoms with Crippen molar-refractivity contribution in [2.24, 2.45) is 45.3 Å². The van der Waals surface area contributed by atoms with E-state index in [9.17, 15) is 29.7 Å². The molecule has 6 rings (SSSR count). The number of hydrogen-bond acceptors (Lipinski definition) is 8. The number of hydrogen-bond donors (Lipinski definition) is 4. The predicted molar refractivity (Wildman–Crippen MR) is 203 cm³/mol. The highest BCUT2D eigenvalue weighted by Crippen LogP contribution is 2.64. The number of aromatic hydroxyl groups is 2. The van der Waals surface area contributed by atoms with Gasteiger partial charge in [0, 0.05) is 11.6 Å². The number of ketones is 2. The van der Waals surface area contributed by atoms with Crippen LogP contribution in [-0.4, -0.2) is 40.0 Å². The topological polar surface area (TPSA) is 133 Å². The summed E-state index contributed by atoms with van der Waals surface area (Å²) >= 11 is 0. The van der Waals surface area contributed by atoms with Crippen molar-refractivity contribution in [3.05, 3.63) is 64.1 Å². The lowest BCUT2D eigenvalue weighted by Gasteiger charge is -2.59. The van der Waals surface area contributed by atoms with Gasteiger partial charge >= 0.3 is 5.97 Å². The fourth-order valence-corrected chi connectivity index (χ4v) is 11.6. The monoisotopic (exact) mass is 713 g/mol. The summed E-state index contributed by atoms with van der Waals surface area (Å²) in [5.74, 6) is -2.50. The number of anilines is 1. The third-order valence-corrected chi connectivity index (χ3v) is 15.6. The fourth-order valence-electron chi connectivity index (χ4n) is 11.6. The minimum atomic E-state index is -0.798. The highest BCUT2D eigenvalue weighted by molar-refractivity contribution is 6.48. The maximum absolute atomic E-state index is 13.6. The number of phenols is 2. The Balaban J connectivity index is 1.40. The van der Waals surface area contributed by atoms with Crippen LogP contribution in [-0.2, 0) is 20.7 Å². The second-order valence-electron chi connectivity index (χ2n) is 18.0. The number of methoxy groups -OCH3 is 1.